The van der Waals surface area contributed by atoms with Crippen molar-refractivity contribution in [2.45, 2.75) is 31.7 Å². The number of carbonyl (C=O) groups is 1. The largest absolute Gasteiger partial charge is 0.381 e. The van der Waals surface area contributed by atoms with E-state index in [-0.39, 0.29) is 12.3 Å². The molecule has 0 aromatic heterocycles. The standard InChI is InChI=1S/C18H24F2N2O2/c19-15-3-1-14(17(20)13-15)2-4-18(23)22-9-7-21(8-10-22)16-5-11-24-12-6-16/h1,3,13,16H,2,4-12H2. The second-order valence-electron chi connectivity index (χ2n) is 6.50. The molecule has 6 heteroatoms. The highest BCUT2D eigenvalue weighted by molar-refractivity contribution is 5.76. The first-order valence-electron chi connectivity index (χ1n) is 8.67. The Hall–Kier alpha value is -1.53. The van der Waals surface area contributed by atoms with E-state index in [9.17, 15) is 13.6 Å². The van der Waals surface area contributed by atoms with Gasteiger partial charge in [0.1, 0.15) is 11.6 Å². The normalized spacial score (nSPS) is 20.3. The molecular formula is C18H24F2N2O2. The van der Waals surface area contributed by atoms with Crippen molar-refractivity contribution in [2.75, 3.05) is 39.4 Å². The molecule has 24 heavy (non-hydrogen) atoms. The van der Waals surface area contributed by atoms with E-state index in [1.165, 1.54) is 12.1 Å². The number of ether oxygens (including phenoxy) is 1. The molecule has 0 unspecified atom stereocenters. The predicted molar refractivity (Wildman–Crippen MR) is 86.7 cm³/mol. The van der Waals surface area contributed by atoms with Crippen LogP contribution in [0.1, 0.15) is 24.8 Å². The molecule has 4 nitrogen and oxygen atoms in total. The summed E-state index contributed by atoms with van der Waals surface area (Å²) in [6, 6.07) is 4.09. The molecule has 2 fully saturated rings. The van der Waals surface area contributed by atoms with Gasteiger partial charge in [0.25, 0.3) is 0 Å². The summed E-state index contributed by atoms with van der Waals surface area (Å²) in [6.45, 7) is 4.88. The third kappa shape index (κ3) is 4.30. The Kier molecular flexibility index (Phi) is 5.79. The van der Waals surface area contributed by atoms with E-state index in [4.69, 9.17) is 4.74 Å². The number of hydrogen-bond donors (Lipinski definition) is 0. The Morgan fingerprint density at radius 2 is 1.83 bits per heavy atom. The molecule has 0 saturated carbocycles. The Balaban J connectivity index is 1.45. The fourth-order valence-electron chi connectivity index (χ4n) is 3.51. The van der Waals surface area contributed by atoms with Gasteiger partial charge in [-0.2, -0.15) is 0 Å². The molecule has 0 radical (unpaired) electrons. The lowest BCUT2D eigenvalue weighted by molar-refractivity contribution is -0.133. The molecule has 0 aliphatic carbocycles. The summed E-state index contributed by atoms with van der Waals surface area (Å²) in [5, 5.41) is 0. The van der Waals surface area contributed by atoms with Gasteiger partial charge in [-0.3, -0.25) is 9.69 Å². The molecule has 0 atom stereocenters. The van der Waals surface area contributed by atoms with Crippen LogP contribution in [0.2, 0.25) is 0 Å². The molecule has 1 aromatic carbocycles. The number of nitrogens with zero attached hydrogens (tertiary/aromatic N) is 2. The van der Waals surface area contributed by atoms with Crippen molar-refractivity contribution in [1.29, 1.82) is 0 Å². The molecule has 132 valence electrons. The summed E-state index contributed by atoms with van der Waals surface area (Å²) < 4.78 is 31.9. The average Bonchev–Trinajstić information content (AvgIpc) is 2.62. The van der Waals surface area contributed by atoms with Crippen LogP contribution in [-0.2, 0) is 16.0 Å². The van der Waals surface area contributed by atoms with Crippen LogP contribution in [0.5, 0.6) is 0 Å². The Bertz CT molecular complexity index is 568. The van der Waals surface area contributed by atoms with Crippen LogP contribution in [0.25, 0.3) is 0 Å². The zero-order valence-corrected chi connectivity index (χ0v) is 13.8. The summed E-state index contributed by atoms with van der Waals surface area (Å²) in [5.41, 5.74) is 0.394. The van der Waals surface area contributed by atoms with Crippen molar-refractivity contribution in [3.05, 3.63) is 35.4 Å². The van der Waals surface area contributed by atoms with Gasteiger partial charge in [0.15, 0.2) is 0 Å². The molecule has 2 saturated heterocycles. The molecule has 3 rings (SSSR count). The number of halogens is 2. The van der Waals surface area contributed by atoms with Crippen molar-refractivity contribution >= 4 is 5.91 Å². The topological polar surface area (TPSA) is 32.8 Å². The summed E-state index contributed by atoms with van der Waals surface area (Å²) in [5.74, 6) is -1.12. The Morgan fingerprint density at radius 3 is 2.50 bits per heavy atom. The van der Waals surface area contributed by atoms with Gasteiger partial charge in [0.05, 0.1) is 0 Å². The van der Waals surface area contributed by atoms with Crippen LogP contribution in [0, 0.1) is 11.6 Å². The summed E-state index contributed by atoms with van der Waals surface area (Å²) in [6.07, 6.45) is 2.71. The first-order chi connectivity index (χ1) is 11.6. The Morgan fingerprint density at radius 1 is 1.12 bits per heavy atom. The molecule has 0 spiro atoms. The molecule has 2 heterocycles. The van der Waals surface area contributed by atoms with Crippen LogP contribution >= 0.6 is 0 Å². The highest BCUT2D eigenvalue weighted by Gasteiger charge is 2.27. The van der Waals surface area contributed by atoms with E-state index >= 15 is 0 Å². The predicted octanol–water partition coefficient (Wildman–Crippen LogP) is 2.22. The quantitative estimate of drug-likeness (QED) is 0.844. The first kappa shape index (κ1) is 17.3. The average molecular weight is 338 g/mol. The number of rotatable bonds is 4. The fraction of sp³-hybridized carbons (Fsp3) is 0.611. The van der Waals surface area contributed by atoms with Gasteiger partial charge < -0.3 is 9.64 Å². The number of piperazine rings is 1. The molecule has 0 N–H and O–H groups in total. The minimum absolute atomic E-state index is 0.0466. The van der Waals surface area contributed by atoms with Gasteiger partial charge in [-0.05, 0) is 30.9 Å². The number of aryl methyl sites for hydroxylation is 1. The zero-order valence-electron chi connectivity index (χ0n) is 13.8. The SMILES string of the molecule is O=C(CCc1ccc(F)cc1F)N1CCN(C2CCOCC2)CC1. The molecule has 2 aliphatic heterocycles. The van der Waals surface area contributed by atoms with Crippen LogP contribution in [-0.4, -0.2) is 61.1 Å². The van der Waals surface area contributed by atoms with Crippen LogP contribution in [0.3, 0.4) is 0 Å². The number of amides is 1. The first-order valence-corrected chi connectivity index (χ1v) is 8.67. The van der Waals surface area contributed by atoms with E-state index in [0.717, 1.165) is 58.3 Å². The summed E-state index contributed by atoms with van der Waals surface area (Å²) in [4.78, 5) is 16.6. The van der Waals surface area contributed by atoms with Crippen molar-refractivity contribution in [3.8, 4) is 0 Å². The minimum Gasteiger partial charge on any atom is -0.381 e. The van der Waals surface area contributed by atoms with E-state index in [0.29, 0.717) is 18.0 Å². The van der Waals surface area contributed by atoms with Crippen molar-refractivity contribution in [3.63, 3.8) is 0 Å². The van der Waals surface area contributed by atoms with E-state index < -0.39 is 11.6 Å². The Labute approximate surface area is 141 Å². The maximum atomic E-state index is 13.6. The summed E-state index contributed by atoms with van der Waals surface area (Å²) >= 11 is 0. The van der Waals surface area contributed by atoms with E-state index in [1.807, 2.05) is 4.90 Å². The molecule has 2 aliphatic rings. The maximum Gasteiger partial charge on any atom is 0.222 e. The summed E-state index contributed by atoms with van der Waals surface area (Å²) in [7, 11) is 0. The van der Waals surface area contributed by atoms with Gasteiger partial charge in [-0.1, -0.05) is 6.07 Å². The van der Waals surface area contributed by atoms with Crippen LogP contribution in [0.15, 0.2) is 18.2 Å². The number of benzene rings is 1. The monoisotopic (exact) mass is 338 g/mol. The molecule has 1 amide bonds. The van der Waals surface area contributed by atoms with E-state index in [2.05, 4.69) is 4.90 Å². The van der Waals surface area contributed by atoms with Crippen molar-refractivity contribution in [2.24, 2.45) is 0 Å². The third-order valence-corrected chi connectivity index (χ3v) is 5.00. The number of carbonyl (C=O) groups excluding carboxylic acids is 1. The van der Waals surface area contributed by atoms with Gasteiger partial charge >= 0.3 is 0 Å². The van der Waals surface area contributed by atoms with Gasteiger partial charge in [-0.25, -0.2) is 8.78 Å². The van der Waals surface area contributed by atoms with Crippen molar-refractivity contribution < 1.29 is 18.3 Å². The number of hydrogen-bond acceptors (Lipinski definition) is 3. The van der Waals surface area contributed by atoms with Crippen LogP contribution < -0.4 is 0 Å². The minimum atomic E-state index is -0.591. The fourth-order valence-corrected chi connectivity index (χ4v) is 3.51. The van der Waals surface area contributed by atoms with Gasteiger partial charge in [-0.15, -0.1) is 0 Å². The highest BCUT2D eigenvalue weighted by atomic mass is 19.1. The van der Waals surface area contributed by atoms with Crippen LogP contribution in [0.4, 0.5) is 8.78 Å². The second-order valence-corrected chi connectivity index (χ2v) is 6.50. The smallest absolute Gasteiger partial charge is 0.222 e. The maximum absolute atomic E-state index is 13.6. The molecule has 0 bridgehead atoms. The highest BCUT2D eigenvalue weighted by Crippen LogP contribution is 2.17. The van der Waals surface area contributed by atoms with Gasteiger partial charge in [0, 0.05) is 57.9 Å². The second kappa shape index (κ2) is 8.03. The lowest BCUT2D eigenvalue weighted by atomic mass is 10.1. The van der Waals surface area contributed by atoms with Crippen molar-refractivity contribution in [1.82, 2.24) is 9.80 Å². The zero-order chi connectivity index (χ0) is 16.9. The molecule has 1 aromatic rings. The third-order valence-electron chi connectivity index (χ3n) is 5.00. The van der Waals surface area contributed by atoms with Gasteiger partial charge in [0.2, 0.25) is 5.91 Å². The lowest BCUT2D eigenvalue weighted by Gasteiger charge is -2.40. The lowest BCUT2D eigenvalue weighted by Crippen LogP contribution is -2.53. The van der Waals surface area contributed by atoms with E-state index in [1.54, 1.807) is 0 Å². The molecular weight excluding hydrogens is 314 g/mol.